The molecule has 2 aliphatic heterocycles. The largest absolute Gasteiger partial charge is 0.488 e. The number of halogens is 3. The highest BCUT2D eigenvalue weighted by Crippen LogP contribution is 2.37. The molecule has 1 aromatic carbocycles. The number of carbonyl (C=O) groups is 2. The molecule has 1 atom stereocenters. The van der Waals surface area contributed by atoms with E-state index in [0.717, 1.165) is 12.8 Å². The maximum Gasteiger partial charge on any atom is 0.410 e. The molecular formula is C32H41F3N6O4. The Morgan fingerprint density at radius 2 is 1.80 bits per heavy atom. The number of alkyl halides is 3. The number of pyridine rings is 1. The molecule has 2 aliphatic rings. The Kier molecular flexibility index (Phi) is 9.57. The van der Waals surface area contributed by atoms with Crippen molar-refractivity contribution in [3.63, 3.8) is 0 Å². The second kappa shape index (κ2) is 13.2. The number of nitrogens with one attached hydrogen (secondary N) is 1. The molecular weight excluding hydrogens is 589 g/mol. The fourth-order valence-electron chi connectivity index (χ4n) is 5.96. The summed E-state index contributed by atoms with van der Waals surface area (Å²) in [6, 6.07) is 8.52. The maximum atomic E-state index is 13.4. The smallest absolute Gasteiger partial charge is 0.410 e. The molecule has 2 fully saturated rings. The number of ether oxygens (including phenoxy) is 2. The van der Waals surface area contributed by atoms with E-state index >= 15 is 0 Å². The summed E-state index contributed by atoms with van der Waals surface area (Å²) in [6.07, 6.45) is -0.125. The van der Waals surface area contributed by atoms with Crippen LogP contribution in [0.1, 0.15) is 75.0 Å². The van der Waals surface area contributed by atoms with Crippen LogP contribution in [0.3, 0.4) is 0 Å². The van der Waals surface area contributed by atoms with E-state index in [1.807, 2.05) is 43.5 Å². The van der Waals surface area contributed by atoms with Crippen LogP contribution in [0.4, 0.5) is 23.9 Å². The average Bonchev–Trinajstić information content (AvgIpc) is 3.13. The highest BCUT2D eigenvalue weighted by atomic mass is 19.4. The molecule has 1 N–H and O–H groups in total. The van der Waals surface area contributed by atoms with Gasteiger partial charge < -0.3 is 18.9 Å². The van der Waals surface area contributed by atoms with Crippen LogP contribution in [-0.2, 0) is 4.74 Å². The van der Waals surface area contributed by atoms with E-state index in [1.54, 1.807) is 30.2 Å². The van der Waals surface area contributed by atoms with Gasteiger partial charge in [-0.1, -0.05) is 6.07 Å². The predicted molar refractivity (Wildman–Crippen MR) is 164 cm³/mol. The molecule has 2 saturated heterocycles. The van der Waals surface area contributed by atoms with Gasteiger partial charge in [0.25, 0.3) is 5.91 Å². The van der Waals surface area contributed by atoms with Gasteiger partial charge in [-0.05, 0) is 84.1 Å². The number of aryl methyl sites for hydroxylation is 1. The minimum atomic E-state index is -4.24. The highest BCUT2D eigenvalue weighted by molar-refractivity contribution is 6.04. The van der Waals surface area contributed by atoms with Crippen LogP contribution in [0.5, 0.6) is 5.75 Å². The minimum absolute atomic E-state index is 0.266. The Morgan fingerprint density at radius 1 is 1.04 bits per heavy atom. The first kappa shape index (κ1) is 32.5. The van der Waals surface area contributed by atoms with E-state index in [-0.39, 0.29) is 31.1 Å². The van der Waals surface area contributed by atoms with E-state index < -0.39 is 24.4 Å². The summed E-state index contributed by atoms with van der Waals surface area (Å²) in [4.78, 5) is 38.7. The van der Waals surface area contributed by atoms with Crippen LogP contribution in [-0.4, -0.2) is 86.9 Å². The Hall–Kier alpha value is -3.87. The first-order valence-corrected chi connectivity index (χ1v) is 15.4. The number of benzene rings is 1. The molecule has 4 heterocycles. The molecule has 2 aromatic heterocycles. The van der Waals surface area contributed by atoms with Crippen LogP contribution in [0, 0.1) is 6.92 Å². The number of rotatable bonds is 6. The third-order valence-corrected chi connectivity index (χ3v) is 7.95. The second-order valence-corrected chi connectivity index (χ2v) is 12.9. The number of imidazole rings is 1. The van der Waals surface area contributed by atoms with Crippen LogP contribution < -0.4 is 10.1 Å². The zero-order chi connectivity index (χ0) is 32.4. The van der Waals surface area contributed by atoms with E-state index in [2.05, 4.69) is 10.3 Å². The van der Waals surface area contributed by atoms with Crippen molar-refractivity contribution in [1.82, 2.24) is 24.3 Å². The second-order valence-electron chi connectivity index (χ2n) is 12.9. The third kappa shape index (κ3) is 8.44. The Labute approximate surface area is 260 Å². The number of carbonyl (C=O) groups excluding carboxylic acids is 2. The van der Waals surface area contributed by atoms with Crippen molar-refractivity contribution in [3.05, 3.63) is 47.8 Å². The summed E-state index contributed by atoms with van der Waals surface area (Å²) >= 11 is 0. The molecule has 0 saturated carbocycles. The molecule has 244 valence electrons. The van der Waals surface area contributed by atoms with Crippen LogP contribution in [0.2, 0.25) is 0 Å². The number of aromatic nitrogens is 3. The summed E-state index contributed by atoms with van der Waals surface area (Å²) < 4.78 is 52.9. The van der Waals surface area contributed by atoms with Gasteiger partial charge in [0.2, 0.25) is 5.95 Å². The lowest BCUT2D eigenvalue weighted by atomic mass is 10.1. The van der Waals surface area contributed by atoms with Crippen molar-refractivity contribution >= 4 is 29.0 Å². The highest BCUT2D eigenvalue weighted by Gasteiger charge is 2.34. The number of likely N-dealkylation sites (tertiary alicyclic amines) is 2. The molecule has 10 nitrogen and oxygen atoms in total. The number of amides is 2. The molecule has 0 spiro atoms. The first-order valence-electron chi connectivity index (χ1n) is 15.4. The monoisotopic (exact) mass is 630 g/mol. The van der Waals surface area contributed by atoms with Crippen LogP contribution >= 0.6 is 0 Å². The lowest BCUT2D eigenvalue weighted by Crippen LogP contribution is -2.42. The van der Waals surface area contributed by atoms with Gasteiger partial charge >= 0.3 is 12.3 Å². The van der Waals surface area contributed by atoms with Crippen molar-refractivity contribution in [3.8, 4) is 5.75 Å². The molecule has 0 bridgehead atoms. The summed E-state index contributed by atoms with van der Waals surface area (Å²) in [5, 5.41) is 2.98. The topological polar surface area (TPSA) is 102 Å². The quantitative estimate of drug-likeness (QED) is 0.338. The average molecular weight is 631 g/mol. The molecule has 5 rings (SSSR count). The van der Waals surface area contributed by atoms with Crippen molar-refractivity contribution < 1.29 is 32.2 Å². The standard InChI is InChI=1S/C32H41F3N6O4/c1-21-18-22(11-14-36-21)28(42)38-29-37-25-9-7-10-26(44-24-12-16-39(17-13-24)20-32(33,34)35)27(25)41(29)23-8-5-6-15-40(19-23)30(43)45-31(2,3)4/h7,9-11,14,18,23-24H,5-6,8,12-13,15-17,19-20H2,1-4H3,(H,37,38,42)/t23-/m1/s1. The number of hydrogen-bond donors (Lipinski definition) is 1. The van der Waals surface area contributed by atoms with Crippen molar-refractivity contribution in [2.75, 3.05) is 38.0 Å². The SMILES string of the molecule is Cc1cc(C(=O)Nc2nc3cccc(OC4CCN(CC(F)(F)F)CC4)c3n2[C@@H]2CCCCN(C(=O)OC(C)(C)C)C2)ccn1. The van der Waals surface area contributed by atoms with Crippen LogP contribution in [0.25, 0.3) is 11.0 Å². The number of hydrogen-bond acceptors (Lipinski definition) is 7. The molecule has 2 amide bonds. The number of para-hydroxylation sites is 1. The van der Waals surface area contributed by atoms with Gasteiger partial charge in [0.15, 0.2) is 0 Å². The zero-order valence-electron chi connectivity index (χ0n) is 26.2. The first-order chi connectivity index (χ1) is 21.3. The number of fused-ring (bicyclic) bond motifs is 1. The molecule has 45 heavy (non-hydrogen) atoms. The van der Waals surface area contributed by atoms with Gasteiger partial charge in [-0.2, -0.15) is 13.2 Å². The van der Waals surface area contributed by atoms with Gasteiger partial charge in [0, 0.05) is 43.6 Å². The van der Waals surface area contributed by atoms with E-state index in [0.29, 0.717) is 66.3 Å². The summed E-state index contributed by atoms with van der Waals surface area (Å²) in [5.41, 5.74) is 1.73. The number of piperidine rings is 1. The van der Waals surface area contributed by atoms with Gasteiger partial charge in [-0.3, -0.25) is 20.0 Å². The lowest BCUT2D eigenvalue weighted by Gasteiger charge is -2.33. The normalized spacial score (nSPS) is 18.9. The van der Waals surface area contributed by atoms with Crippen molar-refractivity contribution in [1.29, 1.82) is 0 Å². The van der Waals surface area contributed by atoms with Crippen molar-refractivity contribution in [2.45, 2.75) is 83.7 Å². The Balaban J connectivity index is 1.48. The zero-order valence-corrected chi connectivity index (χ0v) is 26.2. The van der Waals surface area contributed by atoms with Crippen LogP contribution in [0.15, 0.2) is 36.5 Å². The van der Waals surface area contributed by atoms with Gasteiger partial charge in [-0.25, -0.2) is 9.78 Å². The van der Waals surface area contributed by atoms with Gasteiger partial charge in [0.05, 0.1) is 18.1 Å². The molecule has 13 heteroatoms. The fourth-order valence-corrected chi connectivity index (χ4v) is 5.96. The molecule has 3 aromatic rings. The van der Waals surface area contributed by atoms with E-state index in [1.165, 1.54) is 4.90 Å². The summed E-state index contributed by atoms with van der Waals surface area (Å²) in [6.45, 7) is 7.79. The molecule has 0 aliphatic carbocycles. The maximum absolute atomic E-state index is 13.4. The molecule has 0 unspecified atom stereocenters. The van der Waals surface area contributed by atoms with Gasteiger partial charge in [-0.15, -0.1) is 0 Å². The number of nitrogens with zero attached hydrogens (tertiary/aromatic N) is 5. The van der Waals surface area contributed by atoms with E-state index in [4.69, 9.17) is 14.5 Å². The van der Waals surface area contributed by atoms with E-state index in [9.17, 15) is 22.8 Å². The van der Waals surface area contributed by atoms with Crippen molar-refractivity contribution in [2.24, 2.45) is 0 Å². The summed E-state index contributed by atoms with van der Waals surface area (Å²) in [5.74, 6) is 0.494. The van der Waals surface area contributed by atoms with Gasteiger partial charge in [0.1, 0.15) is 23.0 Å². The predicted octanol–water partition coefficient (Wildman–Crippen LogP) is 6.36. The minimum Gasteiger partial charge on any atom is -0.488 e. The third-order valence-electron chi connectivity index (χ3n) is 7.95. The Morgan fingerprint density at radius 3 is 2.49 bits per heavy atom. The lowest BCUT2D eigenvalue weighted by molar-refractivity contribution is -0.149. The Bertz CT molecular complexity index is 1510. The fraction of sp³-hybridized carbons (Fsp3) is 0.562. The summed E-state index contributed by atoms with van der Waals surface area (Å²) in [7, 11) is 0. The number of anilines is 1. The molecule has 0 radical (unpaired) electrons.